The third-order valence-electron chi connectivity index (χ3n) is 6.64. The van der Waals surface area contributed by atoms with Crippen molar-refractivity contribution in [3.8, 4) is 0 Å². The summed E-state index contributed by atoms with van der Waals surface area (Å²) in [7, 11) is 0. The van der Waals surface area contributed by atoms with Crippen molar-refractivity contribution in [3.63, 3.8) is 0 Å². The van der Waals surface area contributed by atoms with E-state index < -0.39 is 6.09 Å². The molecule has 2 aliphatic heterocycles. The molecule has 1 N–H and O–H groups in total. The van der Waals surface area contributed by atoms with Crippen molar-refractivity contribution >= 4 is 35.2 Å². The average molecular weight is 479 g/mol. The summed E-state index contributed by atoms with van der Waals surface area (Å²) in [5.74, 6) is -1.07. The molecule has 2 fully saturated rings. The van der Waals surface area contributed by atoms with Gasteiger partial charge in [0, 0.05) is 41.5 Å². The van der Waals surface area contributed by atoms with Crippen LogP contribution in [0.5, 0.6) is 0 Å². The molecule has 2 aliphatic rings. The maximum Gasteiger partial charge on any atom is 0.407 e. The van der Waals surface area contributed by atoms with Gasteiger partial charge in [0.1, 0.15) is 5.82 Å². The van der Waals surface area contributed by atoms with Gasteiger partial charge in [-0.05, 0) is 73.2 Å². The number of piperidine rings is 1. The molecular weight excluding hydrogens is 454 g/mol. The summed E-state index contributed by atoms with van der Waals surface area (Å²) in [4.78, 5) is 28.7. The van der Waals surface area contributed by atoms with Crippen molar-refractivity contribution in [2.24, 2.45) is 5.92 Å². The summed E-state index contributed by atoms with van der Waals surface area (Å²) in [6, 6.07) is 9.73. The molecule has 2 saturated heterocycles. The van der Waals surface area contributed by atoms with E-state index >= 15 is 0 Å². The van der Waals surface area contributed by atoms with E-state index in [1.807, 2.05) is 17.0 Å². The van der Waals surface area contributed by atoms with Crippen LogP contribution in [0, 0.1) is 18.7 Å². The number of likely N-dealkylation sites (tertiary alicyclic amines) is 2. The highest BCUT2D eigenvalue weighted by Gasteiger charge is 2.42. The lowest BCUT2D eigenvalue weighted by Crippen LogP contribution is -2.48. The normalized spacial score (nSPS) is 23.4. The monoisotopic (exact) mass is 478 g/mol. The summed E-state index contributed by atoms with van der Waals surface area (Å²) < 4.78 is 13.7. The molecule has 2 aromatic rings. The first-order chi connectivity index (χ1) is 15.2. The highest BCUT2D eigenvalue weighted by atomic mass is 35.5. The van der Waals surface area contributed by atoms with E-state index in [1.165, 1.54) is 17.0 Å². The molecule has 170 valence electrons. The maximum absolute atomic E-state index is 13.8. The Bertz CT molecular complexity index is 1030. The molecule has 8 heteroatoms. The third-order valence-corrected chi connectivity index (χ3v) is 7.07. The average Bonchev–Trinajstić information content (AvgIpc) is 3.22. The zero-order valence-electron chi connectivity index (χ0n) is 17.7. The van der Waals surface area contributed by atoms with E-state index in [0.717, 1.165) is 29.5 Å². The predicted molar refractivity (Wildman–Crippen MR) is 122 cm³/mol. The Morgan fingerprint density at radius 3 is 2.44 bits per heavy atom. The minimum atomic E-state index is -1.01. The van der Waals surface area contributed by atoms with Crippen molar-refractivity contribution in [3.05, 3.63) is 69.0 Å². The van der Waals surface area contributed by atoms with Gasteiger partial charge in [0.15, 0.2) is 0 Å². The Morgan fingerprint density at radius 2 is 1.78 bits per heavy atom. The molecule has 0 aliphatic carbocycles. The number of benzene rings is 2. The summed E-state index contributed by atoms with van der Waals surface area (Å²) in [6.45, 7) is 2.93. The Labute approximate surface area is 196 Å². The molecule has 0 radical (unpaired) electrons. The van der Waals surface area contributed by atoms with E-state index in [9.17, 15) is 19.1 Å². The third kappa shape index (κ3) is 4.57. The quantitative estimate of drug-likeness (QED) is 0.598. The van der Waals surface area contributed by atoms with Crippen molar-refractivity contribution in [2.45, 2.75) is 38.1 Å². The van der Waals surface area contributed by atoms with E-state index in [1.54, 1.807) is 19.1 Å². The Balaban J connectivity index is 1.66. The number of carbonyl (C=O) groups is 2. The van der Waals surface area contributed by atoms with Crippen molar-refractivity contribution < 1.29 is 19.1 Å². The van der Waals surface area contributed by atoms with Gasteiger partial charge in [-0.25, -0.2) is 9.18 Å². The van der Waals surface area contributed by atoms with Crippen LogP contribution >= 0.6 is 23.2 Å². The van der Waals surface area contributed by atoms with Crippen LogP contribution in [-0.4, -0.2) is 46.5 Å². The number of hydrogen-bond acceptors (Lipinski definition) is 2. The summed E-state index contributed by atoms with van der Waals surface area (Å²) >= 11 is 12.4. The molecule has 4 rings (SSSR count). The molecule has 3 unspecified atom stereocenters. The molecule has 3 atom stereocenters. The first-order valence-electron chi connectivity index (χ1n) is 10.7. The second-order valence-electron chi connectivity index (χ2n) is 8.62. The number of rotatable bonds is 3. The van der Waals surface area contributed by atoms with Gasteiger partial charge in [0.25, 0.3) is 0 Å². The van der Waals surface area contributed by atoms with E-state index in [4.69, 9.17) is 23.2 Å². The molecule has 0 saturated carbocycles. The lowest BCUT2D eigenvalue weighted by Gasteiger charge is -2.40. The second kappa shape index (κ2) is 9.28. The van der Waals surface area contributed by atoms with Crippen LogP contribution in [0.4, 0.5) is 9.18 Å². The fourth-order valence-corrected chi connectivity index (χ4v) is 5.69. The highest BCUT2D eigenvalue weighted by Crippen LogP contribution is 2.41. The maximum atomic E-state index is 13.8. The van der Waals surface area contributed by atoms with Gasteiger partial charge >= 0.3 is 6.09 Å². The number of aryl methyl sites for hydroxylation is 1. The SMILES string of the molecule is Cc1cc(F)ccc1C1CN(C(=O)O)CCC1C(=O)N1CCCC1c1cc(Cl)cc(Cl)c1. The number of halogens is 3. The molecule has 0 spiro atoms. The summed E-state index contributed by atoms with van der Waals surface area (Å²) in [5, 5.41) is 10.6. The van der Waals surface area contributed by atoms with Crippen LogP contribution in [0.1, 0.15) is 47.9 Å². The lowest BCUT2D eigenvalue weighted by molar-refractivity contribution is -0.138. The zero-order chi connectivity index (χ0) is 23.0. The number of amides is 2. The fraction of sp³-hybridized carbons (Fsp3) is 0.417. The predicted octanol–water partition coefficient (Wildman–Crippen LogP) is 5.89. The Hall–Kier alpha value is -2.31. The van der Waals surface area contributed by atoms with Gasteiger partial charge in [0.05, 0.1) is 6.04 Å². The van der Waals surface area contributed by atoms with Crippen LogP contribution in [0.15, 0.2) is 36.4 Å². The zero-order valence-corrected chi connectivity index (χ0v) is 19.2. The molecule has 2 amide bonds. The van der Waals surface area contributed by atoms with Gasteiger partial charge in [-0.15, -0.1) is 0 Å². The van der Waals surface area contributed by atoms with Crippen molar-refractivity contribution in [1.82, 2.24) is 9.80 Å². The standard InChI is InChI=1S/C24H25Cl2FN2O3/c1-14-9-18(27)4-5-19(14)21-13-28(24(31)32)8-6-20(21)23(30)29-7-2-3-22(29)15-10-16(25)12-17(26)11-15/h4-5,9-12,20-22H,2-3,6-8,13H2,1H3,(H,31,32). The summed E-state index contributed by atoms with van der Waals surface area (Å²) in [6.07, 6.45) is 1.10. The number of hydrogen-bond donors (Lipinski definition) is 1. The second-order valence-corrected chi connectivity index (χ2v) is 9.50. The van der Waals surface area contributed by atoms with Crippen LogP contribution in [-0.2, 0) is 4.79 Å². The Morgan fingerprint density at radius 1 is 1.06 bits per heavy atom. The minimum Gasteiger partial charge on any atom is -0.465 e. The molecule has 2 aromatic carbocycles. The van der Waals surface area contributed by atoms with E-state index in [-0.39, 0.29) is 36.1 Å². The largest absolute Gasteiger partial charge is 0.465 e. The first kappa shape index (κ1) is 22.9. The van der Waals surface area contributed by atoms with E-state index in [0.29, 0.717) is 29.6 Å². The fourth-order valence-electron chi connectivity index (χ4n) is 5.15. The lowest BCUT2D eigenvalue weighted by atomic mass is 9.78. The molecule has 0 aromatic heterocycles. The molecule has 2 heterocycles. The van der Waals surface area contributed by atoms with Crippen LogP contribution in [0.25, 0.3) is 0 Å². The van der Waals surface area contributed by atoms with Crippen LogP contribution in [0.3, 0.4) is 0 Å². The van der Waals surface area contributed by atoms with Gasteiger partial charge in [-0.3, -0.25) is 4.79 Å². The van der Waals surface area contributed by atoms with Crippen molar-refractivity contribution in [2.75, 3.05) is 19.6 Å². The van der Waals surface area contributed by atoms with Crippen LogP contribution < -0.4 is 0 Å². The topological polar surface area (TPSA) is 60.9 Å². The summed E-state index contributed by atoms with van der Waals surface area (Å²) in [5.41, 5.74) is 2.45. The van der Waals surface area contributed by atoms with Gasteiger partial charge < -0.3 is 14.9 Å². The van der Waals surface area contributed by atoms with Gasteiger partial charge in [0.2, 0.25) is 5.91 Å². The number of nitrogens with zero attached hydrogens (tertiary/aromatic N) is 2. The van der Waals surface area contributed by atoms with Crippen molar-refractivity contribution in [1.29, 1.82) is 0 Å². The smallest absolute Gasteiger partial charge is 0.407 e. The molecule has 32 heavy (non-hydrogen) atoms. The van der Waals surface area contributed by atoms with Gasteiger partial charge in [-0.2, -0.15) is 0 Å². The molecular formula is C24H25Cl2FN2O3. The minimum absolute atomic E-state index is 0.00219. The number of carboxylic acid groups (broad SMARTS) is 1. The molecule has 5 nitrogen and oxygen atoms in total. The number of carbonyl (C=O) groups excluding carboxylic acids is 1. The van der Waals surface area contributed by atoms with E-state index in [2.05, 4.69) is 0 Å². The van der Waals surface area contributed by atoms with Gasteiger partial charge in [-0.1, -0.05) is 29.3 Å². The first-order valence-corrected chi connectivity index (χ1v) is 11.5. The van der Waals surface area contributed by atoms with Crippen LogP contribution in [0.2, 0.25) is 10.0 Å². The highest BCUT2D eigenvalue weighted by molar-refractivity contribution is 6.34. The Kier molecular flexibility index (Phi) is 6.63. The molecule has 0 bridgehead atoms.